The maximum atomic E-state index is 14.3. The first kappa shape index (κ1) is 25.3. The highest BCUT2D eigenvalue weighted by Gasteiger charge is 2.32. The molecule has 0 atom stereocenters. The van der Waals surface area contributed by atoms with Crippen molar-refractivity contribution in [3.63, 3.8) is 0 Å². The van der Waals surface area contributed by atoms with E-state index in [0.29, 0.717) is 49.1 Å². The Kier molecular flexibility index (Phi) is 6.77. The molecule has 0 aliphatic carbocycles. The van der Waals surface area contributed by atoms with Gasteiger partial charge in [-0.05, 0) is 24.1 Å². The van der Waals surface area contributed by atoms with Gasteiger partial charge in [0.1, 0.15) is 18.0 Å². The Bertz CT molecular complexity index is 1550. The van der Waals surface area contributed by atoms with E-state index in [4.69, 9.17) is 4.74 Å². The molecule has 2 aromatic carbocycles. The van der Waals surface area contributed by atoms with E-state index in [1.165, 1.54) is 33.8 Å². The van der Waals surface area contributed by atoms with Crippen molar-refractivity contribution < 1.29 is 19.0 Å². The highest BCUT2D eigenvalue weighted by atomic mass is 19.1. The van der Waals surface area contributed by atoms with Crippen LogP contribution in [-0.2, 0) is 23.2 Å². The Labute approximate surface area is 217 Å². The Morgan fingerprint density at radius 1 is 1.21 bits per heavy atom. The van der Waals surface area contributed by atoms with Gasteiger partial charge < -0.3 is 15.2 Å². The fraction of sp³-hybridized carbons (Fsp3) is 0.296. The number of rotatable bonds is 5. The lowest BCUT2D eigenvalue weighted by atomic mass is 9.92. The molecule has 3 heterocycles. The average Bonchev–Trinajstić information content (AvgIpc) is 3.39. The summed E-state index contributed by atoms with van der Waals surface area (Å²) >= 11 is 0. The predicted octanol–water partition coefficient (Wildman–Crippen LogP) is 2.96. The normalized spacial score (nSPS) is 14.8. The second kappa shape index (κ2) is 10.2. The zero-order valence-corrected chi connectivity index (χ0v) is 21.0. The molecule has 196 valence electrons. The summed E-state index contributed by atoms with van der Waals surface area (Å²) in [5.74, 6) is -1.07. The van der Waals surface area contributed by atoms with Gasteiger partial charge in [0, 0.05) is 30.7 Å². The van der Waals surface area contributed by atoms with Gasteiger partial charge in [-0.2, -0.15) is 5.10 Å². The Morgan fingerprint density at radius 2 is 2.00 bits per heavy atom. The van der Waals surface area contributed by atoms with Gasteiger partial charge in [-0.15, -0.1) is 0 Å². The van der Waals surface area contributed by atoms with Crippen molar-refractivity contribution in [1.29, 1.82) is 0 Å². The maximum absolute atomic E-state index is 14.3. The quantitative estimate of drug-likeness (QED) is 0.416. The third-order valence-electron chi connectivity index (χ3n) is 6.39. The van der Waals surface area contributed by atoms with Gasteiger partial charge >= 0.3 is 0 Å². The summed E-state index contributed by atoms with van der Waals surface area (Å²) in [5.41, 5.74) is 0.00472. The zero-order chi connectivity index (χ0) is 26.9. The van der Waals surface area contributed by atoms with E-state index in [2.05, 4.69) is 20.4 Å². The molecule has 2 aromatic heterocycles. The van der Waals surface area contributed by atoms with Crippen LogP contribution < -0.4 is 10.9 Å². The Balaban J connectivity index is 1.47. The molecule has 0 spiro atoms. The largest absolute Gasteiger partial charge is 0.501 e. The van der Waals surface area contributed by atoms with E-state index >= 15 is 0 Å². The van der Waals surface area contributed by atoms with Crippen molar-refractivity contribution in [2.45, 2.75) is 38.8 Å². The monoisotopic (exact) mass is 518 g/mol. The van der Waals surface area contributed by atoms with Crippen LogP contribution in [0, 0.1) is 5.82 Å². The second-order valence-electron chi connectivity index (χ2n) is 9.70. The molecule has 1 amide bonds. The number of halogens is 1. The molecule has 38 heavy (non-hydrogen) atoms. The molecule has 1 aliphatic heterocycles. The number of amides is 1. The van der Waals surface area contributed by atoms with Crippen LogP contribution >= 0.6 is 0 Å². The molecule has 0 unspecified atom stereocenters. The molecule has 4 aromatic rings. The van der Waals surface area contributed by atoms with Crippen LogP contribution in [0.1, 0.15) is 42.1 Å². The molecule has 2 N–H and O–H groups in total. The van der Waals surface area contributed by atoms with Gasteiger partial charge in [-0.1, -0.05) is 50.2 Å². The summed E-state index contributed by atoms with van der Waals surface area (Å²) in [6.45, 7) is 4.79. The van der Waals surface area contributed by atoms with Gasteiger partial charge in [0.15, 0.2) is 11.5 Å². The van der Waals surface area contributed by atoms with Crippen molar-refractivity contribution in [3.05, 3.63) is 88.1 Å². The molecule has 11 heteroatoms. The summed E-state index contributed by atoms with van der Waals surface area (Å²) < 4.78 is 22.9. The number of nitrogens with zero attached hydrogens (tertiary/aromatic N) is 5. The number of hydrogen-bond donors (Lipinski definition) is 2. The molecule has 0 radical (unpaired) electrons. The third kappa shape index (κ3) is 4.80. The number of aromatic hydroxyl groups is 1. The molecular formula is C27H27FN6O4. The Hall–Kier alpha value is -4.38. The van der Waals surface area contributed by atoms with Gasteiger partial charge in [0.25, 0.3) is 11.5 Å². The van der Waals surface area contributed by atoms with Crippen molar-refractivity contribution in [2.75, 3.05) is 13.2 Å². The minimum Gasteiger partial charge on any atom is -0.501 e. The second-order valence-corrected chi connectivity index (χ2v) is 9.70. The summed E-state index contributed by atoms with van der Waals surface area (Å²) in [6.07, 6.45) is 1.95. The fourth-order valence-electron chi connectivity index (χ4n) is 4.49. The highest BCUT2D eigenvalue weighted by Crippen LogP contribution is 2.26. The van der Waals surface area contributed by atoms with Crippen molar-refractivity contribution >= 4 is 5.91 Å². The molecule has 1 aliphatic rings. The van der Waals surface area contributed by atoms with E-state index < -0.39 is 28.4 Å². The smallest absolute Gasteiger partial charge is 0.296 e. The van der Waals surface area contributed by atoms with Crippen molar-refractivity contribution in [1.82, 2.24) is 29.6 Å². The van der Waals surface area contributed by atoms with E-state index in [9.17, 15) is 19.1 Å². The predicted molar refractivity (Wildman–Crippen MR) is 137 cm³/mol. The summed E-state index contributed by atoms with van der Waals surface area (Å²) in [7, 11) is 0. The first-order chi connectivity index (χ1) is 18.3. The molecule has 10 nitrogen and oxygen atoms in total. The lowest BCUT2D eigenvalue weighted by Crippen LogP contribution is -2.40. The topological polar surface area (TPSA) is 124 Å². The SMILES string of the molecule is CC1(C)COCCCn2c1nc(C(=O)NCc1ccc(F)cc1-n1ncnc1-c1ccccc1)c(O)c2=O. The first-order valence-corrected chi connectivity index (χ1v) is 12.2. The number of fused-ring (bicyclic) bond motifs is 1. The molecular weight excluding hydrogens is 491 g/mol. The number of carbonyl (C=O) groups excluding carboxylic acids is 1. The van der Waals surface area contributed by atoms with Crippen LogP contribution in [-0.4, -0.2) is 48.5 Å². The number of carbonyl (C=O) groups is 1. The van der Waals surface area contributed by atoms with Crippen molar-refractivity contribution in [3.8, 4) is 22.8 Å². The lowest BCUT2D eigenvalue weighted by molar-refractivity contribution is 0.0748. The van der Waals surface area contributed by atoms with Crippen molar-refractivity contribution in [2.24, 2.45) is 0 Å². The molecule has 5 rings (SSSR count). The van der Waals surface area contributed by atoms with E-state index in [0.717, 1.165) is 5.56 Å². The van der Waals surface area contributed by atoms with Crippen LogP contribution in [0.3, 0.4) is 0 Å². The number of aromatic nitrogens is 5. The van der Waals surface area contributed by atoms with Gasteiger partial charge in [0.05, 0.1) is 12.3 Å². The van der Waals surface area contributed by atoms with Crippen LogP contribution in [0.2, 0.25) is 0 Å². The van der Waals surface area contributed by atoms with E-state index in [1.54, 1.807) is 0 Å². The fourth-order valence-corrected chi connectivity index (χ4v) is 4.49. The third-order valence-corrected chi connectivity index (χ3v) is 6.39. The zero-order valence-electron chi connectivity index (χ0n) is 21.0. The van der Waals surface area contributed by atoms with E-state index in [1.807, 2.05) is 44.2 Å². The van der Waals surface area contributed by atoms with Gasteiger partial charge in [-0.25, -0.2) is 19.0 Å². The average molecular weight is 519 g/mol. The lowest BCUT2D eigenvalue weighted by Gasteiger charge is -2.29. The number of hydrogen-bond acceptors (Lipinski definition) is 7. The molecule has 0 bridgehead atoms. The summed E-state index contributed by atoms with van der Waals surface area (Å²) in [5, 5.41) is 17.6. The minimum atomic E-state index is -0.737. The van der Waals surface area contributed by atoms with Crippen LogP contribution in [0.5, 0.6) is 5.75 Å². The molecule has 0 saturated heterocycles. The standard InChI is InChI=1S/C27H27FN6O4/c1-27(2)15-38-12-6-11-33-25(37)22(35)21(32-26(27)33)24(36)29-14-18-9-10-19(28)13-20(18)34-23(30-16-31-34)17-7-4-3-5-8-17/h3-5,7-10,13,16,35H,6,11-12,14-15H2,1-2H3,(H,29,36). The van der Waals surface area contributed by atoms with Crippen LogP contribution in [0.4, 0.5) is 4.39 Å². The van der Waals surface area contributed by atoms with Gasteiger partial charge in [0.2, 0.25) is 5.75 Å². The number of benzene rings is 2. The number of ether oxygens (including phenoxy) is 1. The van der Waals surface area contributed by atoms with E-state index in [-0.39, 0.29) is 12.2 Å². The first-order valence-electron chi connectivity index (χ1n) is 12.2. The van der Waals surface area contributed by atoms with Crippen LogP contribution in [0.15, 0.2) is 59.7 Å². The highest BCUT2D eigenvalue weighted by molar-refractivity contribution is 5.94. The minimum absolute atomic E-state index is 0.0470. The number of nitrogens with one attached hydrogen (secondary N) is 1. The molecule has 0 fully saturated rings. The maximum Gasteiger partial charge on any atom is 0.296 e. The van der Waals surface area contributed by atoms with Gasteiger partial charge in [-0.3, -0.25) is 14.2 Å². The Morgan fingerprint density at radius 3 is 2.79 bits per heavy atom. The summed E-state index contributed by atoms with van der Waals surface area (Å²) in [4.78, 5) is 34.9. The summed E-state index contributed by atoms with van der Waals surface area (Å²) in [6, 6.07) is 13.4. The van der Waals surface area contributed by atoms with Crippen LogP contribution in [0.25, 0.3) is 17.1 Å². The molecule has 0 saturated carbocycles.